The number of benzene rings is 1. The predicted molar refractivity (Wildman–Crippen MR) is 119 cm³/mol. The van der Waals surface area contributed by atoms with Gasteiger partial charge in [-0.3, -0.25) is 14.6 Å². The third-order valence-electron chi connectivity index (χ3n) is 5.38. The molecule has 5 nitrogen and oxygen atoms in total. The predicted octanol–water partition coefficient (Wildman–Crippen LogP) is 5.32. The molecule has 3 aromatic rings. The molecule has 0 saturated heterocycles. The van der Waals surface area contributed by atoms with E-state index in [1.54, 1.807) is 19.1 Å². The largest absolute Gasteiger partial charge is 0.364 e. The van der Waals surface area contributed by atoms with Crippen LogP contribution in [0.2, 0.25) is 0 Å². The molecule has 172 valence electrons. The van der Waals surface area contributed by atoms with Crippen LogP contribution in [0.5, 0.6) is 0 Å². The lowest BCUT2D eigenvalue weighted by Crippen LogP contribution is -2.17. The number of fused-ring (bicyclic) bond motifs is 1. The van der Waals surface area contributed by atoms with Gasteiger partial charge in [0.1, 0.15) is 11.9 Å². The number of amides is 1. The summed E-state index contributed by atoms with van der Waals surface area (Å²) in [6.45, 7) is 5.59. The number of nitrogens with two attached hydrogens (primary N) is 1. The maximum Gasteiger partial charge on any atom is 0.268 e. The van der Waals surface area contributed by atoms with Crippen LogP contribution in [-0.4, -0.2) is 22.0 Å². The quantitative estimate of drug-likeness (QED) is 0.557. The number of nitrogens with zero attached hydrogens (tertiary/aromatic N) is 1. The summed E-state index contributed by atoms with van der Waals surface area (Å²) in [6.07, 6.45) is 4.74. The van der Waals surface area contributed by atoms with E-state index in [4.69, 9.17) is 5.73 Å². The van der Waals surface area contributed by atoms with E-state index in [9.17, 15) is 22.8 Å². The average Bonchev–Trinajstić information content (AvgIpc) is 2.80. The van der Waals surface area contributed by atoms with Crippen LogP contribution in [0.1, 0.15) is 67.1 Å². The second-order valence-electron chi connectivity index (χ2n) is 7.31. The maximum atomic E-state index is 13.4. The number of primary amides is 1. The van der Waals surface area contributed by atoms with Crippen molar-refractivity contribution in [2.45, 2.75) is 58.5 Å². The number of carbonyl (C=O) groups is 1. The summed E-state index contributed by atoms with van der Waals surface area (Å²) in [5.74, 6) is -2.09. The fraction of sp³-hybridized carbons (Fsp3) is 0.375. The number of nitrogens with one attached hydrogen (secondary N) is 1. The Labute approximate surface area is 184 Å². The molecule has 0 atom stereocenters. The highest BCUT2D eigenvalue weighted by Crippen LogP contribution is 2.36. The minimum absolute atomic E-state index is 0.00403. The minimum Gasteiger partial charge on any atom is -0.364 e. The number of pyridine rings is 2. The Morgan fingerprint density at radius 2 is 1.75 bits per heavy atom. The van der Waals surface area contributed by atoms with Crippen LogP contribution in [0.3, 0.4) is 0 Å². The zero-order valence-electron chi connectivity index (χ0n) is 18.4. The number of hydrogen-bond donors (Lipinski definition) is 2. The number of hydrogen-bond acceptors (Lipinski definition) is 3. The Balaban J connectivity index is 0.000000212. The van der Waals surface area contributed by atoms with Gasteiger partial charge >= 0.3 is 0 Å². The van der Waals surface area contributed by atoms with E-state index in [-0.39, 0.29) is 22.4 Å². The molecule has 3 N–H and O–H groups in total. The topological polar surface area (TPSA) is 88.8 Å². The van der Waals surface area contributed by atoms with Gasteiger partial charge in [-0.15, -0.1) is 0 Å². The number of aromatic nitrogens is 2. The van der Waals surface area contributed by atoms with Crippen molar-refractivity contribution in [1.82, 2.24) is 9.97 Å². The molecule has 32 heavy (non-hydrogen) atoms. The van der Waals surface area contributed by atoms with E-state index in [1.807, 2.05) is 13.8 Å². The number of carbonyl (C=O) groups excluding carboxylic acids is 1. The van der Waals surface area contributed by atoms with Crippen molar-refractivity contribution in [3.8, 4) is 0 Å². The molecular formula is C24H28F3N3O2. The summed E-state index contributed by atoms with van der Waals surface area (Å²) in [5.41, 5.74) is 6.61. The SMILES string of the molecule is CC.Cc1c(C2CCC(F)CC2)ccc(F)c1F.NC(=O)c1nccc2[nH]ccc(=O)c12. The molecule has 1 aliphatic carbocycles. The zero-order chi connectivity index (χ0) is 23.8. The highest BCUT2D eigenvalue weighted by atomic mass is 19.2. The molecule has 0 unspecified atom stereocenters. The van der Waals surface area contributed by atoms with Gasteiger partial charge in [-0.2, -0.15) is 0 Å². The second-order valence-corrected chi connectivity index (χ2v) is 7.31. The molecule has 0 aliphatic heterocycles. The summed E-state index contributed by atoms with van der Waals surface area (Å²) < 4.78 is 39.3. The van der Waals surface area contributed by atoms with Gasteiger partial charge in [-0.05, 0) is 61.8 Å². The fourth-order valence-corrected chi connectivity index (χ4v) is 3.78. The molecule has 0 bridgehead atoms. The second kappa shape index (κ2) is 11.5. The van der Waals surface area contributed by atoms with Crippen LogP contribution in [0.25, 0.3) is 10.9 Å². The molecule has 2 aromatic heterocycles. The monoisotopic (exact) mass is 447 g/mol. The van der Waals surface area contributed by atoms with Gasteiger partial charge in [0.25, 0.3) is 5.91 Å². The zero-order valence-corrected chi connectivity index (χ0v) is 18.4. The molecule has 1 aromatic carbocycles. The third-order valence-corrected chi connectivity index (χ3v) is 5.38. The molecule has 2 heterocycles. The van der Waals surface area contributed by atoms with Crippen LogP contribution in [0, 0.1) is 18.6 Å². The van der Waals surface area contributed by atoms with Gasteiger partial charge in [0, 0.05) is 18.5 Å². The Kier molecular flexibility index (Phi) is 8.99. The van der Waals surface area contributed by atoms with Crippen LogP contribution in [0.15, 0.2) is 41.5 Å². The standard InChI is InChI=1S/C13H15F3.C9H7N3O2.C2H6/c1-8-11(6-7-12(15)13(8)16)9-2-4-10(14)5-3-9;10-9(14)8-7-5(1-3-12-8)11-4-2-6(7)13;1-2/h6-7,9-10H,2-5H2,1H3;1-4H,(H2,10,14)(H,11,13);1-2H3. The van der Waals surface area contributed by atoms with E-state index in [2.05, 4.69) is 9.97 Å². The van der Waals surface area contributed by atoms with Crippen molar-refractivity contribution in [2.24, 2.45) is 5.73 Å². The minimum atomic E-state index is -0.805. The molecular weight excluding hydrogens is 419 g/mol. The van der Waals surface area contributed by atoms with Crippen molar-refractivity contribution in [1.29, 1.82) is 0 Å². The first-order valence-corrected chi connectivity index (χ1v) is 10.6. The van der Waals surface area contributed by atoms with E-state index in [0.717, 1.165) is 18.4 Å². The van der Waals surface area contributed by atoms with E-state index in [0.29, 0.717) is 23.9 Å². The van der Waals surface area contributed by atoms with Gasteiger partial charge in [0.05, 0.1) is 10.9 Å². The summed E-state index contributed by atoms with van der Waals surface area (Å²) in [7, 11) is 0. The van der Waals surface area contributed by atoms with Crippen molar-refractivity contribution >= 4 is 16.8 Å². The summed E-state index contributed by atoms with van der Waals surface area (Å²) >= 11 is 0. The van der Waals surface area contributed by atoms with Crippen molar-refractivity contribution in [3.63, 3.8) is 0 Å². The molecule has 0 radical (unpaired) electrons. The molecule has 1 aliphatic rings. The Bertz CT molecular complexity index is 1120. The first-order valence-electron chi connectivity index (χ1n) is 10.6. The van der Waals surface area contributed by atoms with Crippen LogP contribution < -0.4 is 11.2 Å². The smallest absolute Gasteiger partial charge is 0.268 e. The van der Waals surface area contributed by atoms with Crippen molar-refractivity contribution in [3.05, 3.63) is 75.3 Å². The molecule has 8 heteroatoms. The summed E-state index contributed by atoms with van der Waals surface area (Å²) in [4.78, 5) is 29.0. The molecule has 1 amide bonds. The van der Waals surface area contributed by atoms with Crippen LogP contribution in [-0.2, 0) is 0 Å². The average molecular weight is 448 g/mol. The Morgan fingerprint density at radius 1 is 1.09 bits per heavy atom. The van der Waals surface area contributed by atoms with Gasteiger partial charge in [-0.25, -0.2) is 13.2 Å². The van der Waals surface area contributed by atoms with E-state index < -0.39 is 23.7 Å². The van der Waals surface area contributed by atoms with Gasteiger partial charge < -0.3 is 10.7 Å². The van der Waals surface area contributed by atoms with E-state index >= 15 is 0 Å². The molecule has 4 rings (SSSR count). The summed E-state index contributed by atoms with van der Waals surface area (Å²) in [5, 5.41) is 0.238. The number of aromatic amines is 1. The van der Waals surface area contributed by atoms with Crippen molar-refractivity contribution < 1.29 is 18.0 Å². The van der Waals surface area contributed by atoms with Gasteiger partial charge in [0.15, 0.2) is 17.1 Å². The highest BCUT2D eigenvalue weighted by Gasteiger charge is 2.24. The Hall–Kier alpha value is -3.16. The fourth-order valence-electron chi connectivity index (χ4n) is 3.78. The normalized spacial score (nSPS) is 17.6. The number of alkyl halides is 1. The van der Waals surface area contributed by atoms with Gasteiger partial charge in [-0.1, -0.05) is 19.9 Å². The molecule has 1 saturated carbocycles. The van der Waals surface area contributed by atoms with Crippen LogP contribution in [0.4, 0.5) is 13.2 Å². The maximum absolute atomic E-state index is 13.4. The number of rotatable bonds is 2. The van der Waals surface area contributed by atoms with Gasteiger partial charge in [0.2, 0.25) is 0 Å². The van der Waals surface area contributed by atoms with Crippen LogP contribution >= 0.6 is 0 Å². The lowest BCUT2D eigenvalue weighted by molar-refractivity contribution is 0.0997. The third kappa shape index (κ3) is 5.75. The first kappa shape index (κ1) is 25.1. The number of halogens is 3. The summed E-state index contributed by atoms with van der Waals surface area (Å²) in [6, 6.07) is 5.75. The Morgan fingerprint density at radius 3 is 2.38 bits per heavy atom. The first-order chi connectivity index (χ1) is 15.3. The van der Waals surface area contributed by atoms with E-state index in [1.165, 1.54) is 24.5 Å². The van der Waals surface area contributed by atoms with Crippen molar-refractivity contribution in [2.75, 3.05) is 0 Å². The molecule has 1 fully saturated rings. The molecule has 0 spiro atoms. The lowest BCUT2D eigenvalue weighted by Gasteiger charge is -2.25. The number of H-pyrrole nitrogens is 1. The lowest BCUT2D eigenvalue weighted by atomic mass is 9.81. The highest BCUT2D eigenvalue weighted by molar-refractivity contribution is 6.03.